The molecule has 1 aromatic heterocycles. The van der Waals surface area contributed by atoms with Crippen LogP contribution in [0.25, 0.3) is 11.1 Å². The fraction of sp³-hybridized carbons (Fsp3) is 0.304. The Labute approximate surface area is 171 Å². The molecule has 1 fully saturated rings. The number of morpholine rings is 1. The van der Waals surface area contributed by atoms with Crippen molar-refractivity contribution in [1.82, 2.24) is 9.78 Å². The number of carbonyl (C=O) groups excluding carboxylic acids is 1. The zero-order valence-corrected chi connectivity index (χ0v) is 16.9. The van der Waals surface area contributed by atoms with Crippen LogP contribution in [0.4, 0.5) is 11.5 Å². The number of aromatic nitrogens is 2. The van der Waals surface area contributed by atoms with Gasteiger partial charge in [-0.15, -0.1) is 0 Å². The molecule has 0 unspecified atom stereocenters. The quantitative estimate of drug-likeness (QED) is 0.723. The zero-order chi connectivity index (χ0) is 20.2. The van der Waals surface area contributed by atoms with Crippen molar-refractivity contribution < 1.29 is 9.53 Å². The smallest absolute Gasteiger partial charge is 0.246 e. The Hall–Kier alpha value is -3.12. The first kappa shape index (κ1) is 19.2. The van der Waals surface area contributed by atoms with Gasteiger partial charge in [-0.1, -0.05) is 42.5 Å². The average Bonchev–Trinajstić information content (AvgIpc) is 3.15. The van der Waals surface area contributed by atoms with Crippen LogP contribution in [-0.4, -0.2) is 42.0 Å². The van der Waals surface area contributed by atoms with Crippen LogP contribution in [0.1, 0.15) is 11.1 Å². The van der Waals surface area contributed by atoms with E-state index in [4.69, 9.17) is 9.84 Å². The normalized spacial score (nSPS) is 14.1. The molecule has 150 valence electrons. The van der Waals surface area contributed by atoms with Crippen molar-refractivity contribution in [1.29, 1.82) is 0 Å². The number of carbonyl (C=O) groups is 1. The molecular formula is C23H26N4O2. The minimum atomic E-state index is -0.0886. The van der Waals surface area contributed by atoms with Gasteiger partial charge in [0.05, 0.1) is 13.2 Å². The molecule has 6 nitrogen and oxygen atoms in total. The number of ether oxygens (including phenoxy) is 1. The number of benzene rings is 2. The highest BCUT2D eigenvalue weighted by Gasteiger charge is 2.20. The summed E-state index contributed by atoms with van der Waals surface area (Å²) in [7, 11) is 0. The van der Waals surface area contributed by atoms with Gasteiger partial charge in [0.1, 0.15) is 6.54 Å². The predicted molar refractivity (Wildman–Crippen MR) is 115 cm³/mol. The third-order valence-electron chi connectivity index (χ3n) is 5.11. The minimum absolute atomic E-state index is 0.0886. The fourth-order valence-electron chi connectivity index (χ4n) is 3.53. The lowest BCUT2D eigenvalue weighted by molar-refractivity contribution is -0.116. The molecule has 2 heterocycles. The molecule has 1 aliphatic heterocycles. The molecule has 3 aromatic rings. The number of nitrogens with one attached hydrogen (secondary N) is 1. The number of aryl methyl sites for hydroxylation is 2. The summed E-state index contributed by atoms with van der Waals surface area (Å²) in [6, 6.07) is 16.2. The monoisotopic (exact) mass is 390 g/mol. The molecule has 1 N–H and O–H groups in total. The largest absolute Gasteiger partial charge is 0.378 e. The van der Waals surface area contributed by atoms with E-state index in [1.165, 1.54) is 0 Å². The lowest BCUT2D eigenvalue weighted by atomic mass is 10.1. The molecule has 1 amide bonds. The Kier molecular flexibility index (Phi) is 5.62. The molecule has 0 radical (unpaired) electrons. The highest BCUT2D eigenvalue weighted by molar-refractivity contribution is 5.91. The van der Waals surface area contributed by atoms with E-state index in [0.717, 1.165) is 46.8 Å². The predicted octanol–water partition coefficient (Wildman–Crippen LogP) is 3.64. The first-order chi connectivity index (χ1) is 14.1. The summed E-state index contributed by atoms with van der Waals surface area (Å²) < 4.78 is 7.21. The van der Waals surface area contributed by atoms with Crippen LogP contribution in [0.3, 0.4) is 0 Å². The third kappa shape index (κ3) is 4.49. The molecular weight excluding hydrogens is 364 g/mol. The van der Waals surface area contributed by atoms with Gasteiger partial charge in [0, 0.05) is 30.5 Å². The van der Waals surface area contributed by atoms with Crippen LogP contribution in [-0.2, 0) is 16.1 Å². The fourth-order valence-corrected chi connectivity index (χ4v) is 3.53. The van der Waals surface area contributed by atoms with E-state index in [9.17, 15) is 4.79 Å². The van der Waals surface area contributed by atoms with Crippen molar-refractivity contribution in [3.05, 3.63) is 65.9 Å². The Bertz CT molecular complexity index is 991. The summed E-state index contributed by atoms with van der Waals surface area (Å²) in [5.74, 6) is 0.813. The summed E-state index contributed by atoms with van der Waals surface area (Å²) in [4.78, 5) is 14.9. The number of amides is 1. The molecule has 0 bridgehead atoms. The second-order valence-corrected chi connectivity index (χ2v) is 7.40. The summed E-state index contributed by atoms with van der Waals surface area (Å²) in [6.45, 7) is 7.15. The topological polar surface area (TPSA) is 59.4 Å². The molecule has 4 rings (SSSR count). The van der Waals surface area contributed by atoms with E-state index in [1.54, 1.807) is 4.68 Å². The maximum atomic E-state index is 12.7. The third-order valence-corrected chi connectivity index (χ3v) is 5.11. The van der Waals surface area contributed by atoms with Gasteiger partial charge in [0.25, 0.3) is 0 Å². The van der Waals surface area contributed by atoms with Gasteiger partial charge in [-0.05, 0) is 36.6 Å². The lowest BCUT2D eigenvalue weighted by Crippen LogP contribution is -2.36. The van der Waals surface area contributed by atoms with Crippen LogP contribution >= 0.6 is 0 Å². The van der Waals surface area contributed by atoms with Crippen LogP contribution < -0.4 is 10.2 Å². The van der Waals surface area contributed by atoms with Gasteiger partial charge in [0.15, 0.2) is 5.82 Å². The van der Waals surface area contributed by atoms with Gasteiger partial charge >= 0.3 is 0 Å². The summed E-state index contributed by atoms with van der Waals surface area (Å²) in [5, 5.41) is 7.77. The van der Waals surface area contributed by atoms with E-state index < -0.39 is 0 Å². The Morgan fingerprint density at radius 2 is 1.86 bits per heavy atom. The maximum absolute atomic E-state index is 12.7. The van der Waals surface area contributed by atoms with E-state index in [0.29, 0.717) is 13.2 Å². The zero-order valence-electron chi connectivity index (χ0n) is 16.9. The van der Waals surface area contributed by atoms with Gasteiger partial charge in [-0.3, -0.25) is 9.48 Å². The van der Waals surface area contributed by atoms with E-state index in [-0.39, 0.29) is 12.5 Å². The lowest BCUT2D eigenvalue weighted by Gasteiger charge is -2.27. The number of anilines is 2. The molecule has 2 aromatic carbocycles. The molecule has 0 spiro atoms. The van der Waals surface area contributed by atoms with Crippen LogP contribution in [0.5, 0.6) is 0 Å². The first-order valence-corrected chi connectivity index (χ1v) is 9.93. The van der Waals surface area contributed by atoms with Crippen molar-refractivity contribution in [3.8, 4) is 11.1 Å². The van der Waals surface area contributed by atoms with Crippen molar-refractivity contribution in [2.45, 2.75) is 20.4 Å². The van der Waals surface area contributed by atoms with Crippen molar-refractivity contribution in [2.24, 2.45) is 0 Å². The van der Waals surface area contributed by atoms with Gasteiger partial charge in [-0.25, -0.2) is 0 Å². The minimum Gasteiger partial charge on any atom is -0.378 e. The summed E-state index contributed by atoms with van der Waals surface area (Å²) in [6.07, 6.45) is 1.96. The molecule has 6 heteroatoms. The van der Waals surface area contributed by atoms with E-state index >= 15 is 0 Å². The Morgan fingerprint density at radius 3 is 2.62 bits per heavy atom. The van der Waals surface area contributed by atoms with Gasteiger partial charge in [0.2, 0.25) is 5.91 Å². The number of rotatable bonds is 5. The molecule has 1 saturated heterocycles. The number of nitrogens with zero attached hydrogens (tertiary/aromatic N) is 3. The van der Waals surface area contributed by atoms with E-state index in [2.05, 4.69) is 22.3 Å². The number of hydrogen-bond donors (Lipinski definition) is 1. The van der Waals surface area contributed by atoms with Gasteiger partial charge in [-0.2, -0.15) is 5.10 Å². The van der Waals surface area contributed by atoms with Crippen LogP contribution in [0.2, 0.25) is 0 Å². The second kappa shape index (κ2) is 8.49. The van der Waals surface area contributed by atoms with Crippen molar-refractivity contribution in [3.63, 3.8) is 0 Å². The molecule has 0 aliphatic carbocycles. The van der Waals surface area contributed by atoms with Crippen LogP contribution in [0.15, 0.2) is 54.7 Å². The van der Waals surface area contributed by atoms with E-state index in [1.807, 2.05) is 56.4 Å². The van der Waals surface area contributed by atoms with Crippen LogP contribution in [0, 0.1) is 13.8 Å². The van der Waals surface area contributed by atoms with Crippen molar-refractivity contribution in [2.75, 3.05) is 36.5 Å². The molecule has 1 aliphatic rings. The Balaban J connectivity index is 1.58. The molecule has 0 saturated carbocycles. The van der Waals surface area contributed by atoms with Crippen molar-refractivity contribution >= 4 is 17.4 Å². The SMILES string of the molecule is Cc1ccc(C)c(NC(=O)Cn2cc(-c3ccccc3)c(N3CCOCC3)n2)c1. The average molecular weight is 390 g/mol. The molecule has 29 heavy (non-hydrogen) atoms. The number of hydrogen-bond acceptors (Lipinski definition) is 4. The standard InChI is InChI=1S/C23H26N4O2/c1-17-8-9-18(2)21(14-17)24-22(28)16-27-15-20(19-6-4-3-5-7-19)23(25-27)26-10-12-29-13-11-26/h3-9,14-15H,10-13,16H2,1-2H3,(H,24,28). The highest BCUT2D eigenvalue weighted by atomic mass is 16.5. The van der Waals surface area contributed by atoms with Gasteiger partial charge < -0.3 is 15.0 Å². The highest BCUT2D eigenvalue weighted by Crippen LogP contribution is 2.30. The Morgan fingerprint density at radius 1 is 1.10 bits per heavy atom. The summed E-state index contributed by atoms with van der Waals surface area (Å²) >= 11 is 0. The summed E-state index contributed by atoms with van der Waals surface area (Å²) in [5.41, 5.74) is 5.13. The second-order valence-electron chi connectivity index (χ2n) is 7.40. The molecule has 0 atom stereocenters. The first-order valence-electron chi connectivity index (χ1n) is 9.93. The maximum Gasteiger partial charge on any atom is 0.246 e.